The maximum absolute atomic E-state index is 12.6. The lowest BCUT2D eigenvalue weighted by molar-refractivity contribution is 0.102. The van der Waals surface area contributed by atoms with Crippen LogP contribution in [0.2, 0.25) is 10.0 Å². The summed E-state index contributed by atoms with van der Waals surface area (Å²) in [5.41, 5.74) is 2.02. The van der Waals surface area contributed by atoms with E-state index in [1.54, 1.807) is 55.5 Å². The van der Waals surface area contributed by atoms with Crippen LogP contribution in [0.3, 0.4) is 0 Å². The number of para-hydroxylation sites is 2. The smallest absolute Gasteiger partial charge is 0.274 e. The highest BCUT2D eigenvalue weighted by Crippen LogP contribution is 2.30. The highest BCUT2D eigenvalue weighted by atomic mass is 35.5. The van der Waals surface area contributed by atoms with Crippen LogP contribution in [-0.2, 0) is 0 Å². The third-order valence-electron chi connectivity index (χ3n) is 3.58. The molecule has 2 N–H and O–H groups in total. The summed E-state index contributed by atoms with van der Waals surface area (Å²) in [6.07, 6.45) is 0. The Morgan fingerprint density at radius 1 is 1.07 bits per heavy atom. The van der Waals surface area contributed by atoms with E-state index in [2.05, 4.69) is 26.7 Å². The maximum atomic E-state index is 12.6. The number of nitrogens with zero attached hydrogens (tertiary/aromatic N) is 3. The largest absolute Gasteiger partial charge is 0.323 e. The Balaban J connectivity index is 1.89. The number of benzene rings is 2. The minimum atomic E-state index is -0.480. The van der Waals surface area contributed by atoms with Gasteiger partial charge in [0.2, 0.25) is 5.95 Å². The Hall–Kier alpha value is -3.14. The van der Waals surface area contributed by atoms with Crippen molar-refractivity contribution in [2.45, 2.75) is 6.92 Å². The lowest BCUT2D eigenvalue weighted by atomic mass is 10.2. The van der Waals surface area contributed by atoms with Gasteiger partial charge in [0.15, 0.2) is 0 Å². The topological polar surface area (TPSA) is 90.7 Å². The summed E-state index contributed by atoms with van der Waals surface area (Å²) in [5, 5.41) is 15.5. The molecule has 1 amide bonds. The monoisotopic (exact) mass is 397 g/mol. The predicted molar refractivity (Wildman–Crippen MR) is 106 cm³/mol. The van der Waals surface area contributed by atoms with Crippen LogP contribution >= 0.6 is 23.2 Å². The molecule has 8 heteroatoms. The summed E-state index contributed by atoms with van der Waals surface area (Å²) in [6, 6.07) is 15.5. The second kappa shape index (κ2) is 8.04. The number of hydrogen-bond acceptors (Lipinski definition) is 5. The molecule has 6 nitrogen and oxygen atoms in total. The number of aryl methyl sites for hydroxylation is 1. The van der Waals surface area contributed by atoms with Crippen LogP contribution in [0.1, 0.15) is 21.7 Å². The Morgan fingerprint density at radius 2 is 1.78 bits per heavy atom. The Morgan fingerprint density at radius 3 is 2.48 bits per heavy atom. The molecule has 1 aromatic heterocycles. The van der Waals surface area contributed by atoms with E-state index in [9.17, 15) is 10.1 Å². The van der Waals surface area contributed by atoms with Gasteiger partial charge in [-0.05, 0) is 37.3 Å². The van der Waals surface area contributed by atoms with Crippen LogP contribution in [0.15, 0.2) is 48.5 Å². The van der Waals surface area contributed by atoms with E-state index in [1.165, 1.54) is 0 Å². The Labute approximate surface area is 165 Å². The van der Waals surface area contributed by atoms with Gasteiger partial charge in [-0.2, -0.15) is 5.26 Å². The first kappa shape index (κ1) is 18.6. The van der Waals surface area contributed by atoms with E-state index in [0.29, 0.717) is 32.7 Å². The molecule has 3 aromatic rings. The Kier molecular flexibility index (Phi) is 5.55. The van der Waals surface area contributed by atoms with E-state index < -0.39 is 5.91 Å². The number of anilines is 3. The van der Waals surface area contributed by atoms with Crippen molar-refractivity contribution in [2.24, 2.45) is 0 Å². The van der Waals surface area contributed by atoms with Gasteiger partial charge in [-0.15, -0.1) is 0 Å². The summed E-state index contributed by atoms with van der Waals surface area (Å²) in [5.74, 6) is -0.278. The van der Waals surface area contributed by atoms with Crippen LogP contribution in [0.4, 0.5) is 17.3 Å². The quantitative estimate of drug-likeness (QED) is 0.648. The first-order chi connectivity index (χ1) is 13.0. The number of amides is 1. The van der Waals surface area contributed by atoms with E-state index in [4.69, 9.17) is 23.2 Å². The van der Waals surface area contributed by atoms with E-state index in [0.717, 1.165) is 0 Å². The average molecular weight is 398 g/mol. The second-order valence-corrected chi connectivity index (χ2v) is 6.37. The molecule has 0 spiro atoms. The molecule has 0 fully saturated rings. The van der Waals surface area contributed by atoms with Crippen molar-refractivity contribution in [3.63, 3.8) is 0 Å². The van der Waals surface area contributed by atoms with Gasteiger partial charge in [-0.25, -0.2) is 9.97 Å². The summed E-state index contributed by atoms with van der Waals surface area (Å²) >= 11 is 12.2. The van der Waals surface area contributed by atoms with E-state index in [1.807, 2.05) is 0 Å². The first-order valence-corrected chi connectivity index (χ1v) is 8.60. The van der Waals surface area contributed by atoms with Crippen molar-refractivity contribution >= 4 is 46.4 Å². The summed E-state index contributed by atoms with van der Waals surface area (Å²) < 4.78 is 0. The van der Waals surface area contributed by atoms with Gasteiger partial charge < -0.3 is 10.6 Å². The standard InChI is InChI=1S/C19H13Cl2N5O/c1-11-9-16(18(27)26-17-13(20)6-4-7-14(17)21)25-19(23-11)24-15-8-3-2-5-12(15)10-22/h2-9H,1H3,(H,26,27)(H,23,24,25). The number of nitriles is 1. The molecule has 0 aliphatic heterocycles. The van der Waals surface area contributed by atoms with Crippen molar-refractivity contribution in [2.75, 3.05) is 10.6 Å². The fourth-order valence-corrected chi connectivity index (χ4v) is 2.84. The molecule has 27 heavy (non-hydrogen) atoms. The predicted octanol–water partition coefficient (Wildman–Crippen LogP) is 4.96. The lowest BCUT2D eigenvalue weighted by Gasteiger charge is -2.11. The molecular formula is C19H13Cl2N5O. The molecule has 3 rings (SSSR count). The zero-order valence-electron chi connectivity index (χ0n) is 14.1. The molecule has 0 atom stereocenters. The number of halogens is 2. The van der Waals surface area contributed by atoms with E-state index >= 15 is 0 Å². The lowest BCUT2D eigenvalue weighted by Crippen LogP contribution is -2.16. The summed E-state index contributed by atoms with van der Waals surface area (Å²) in [7, 11) is 0. The number of carbonyl (C=O) groups excluding carboxylic acids is 1. The molecule has 0 bridgehead atoms. The molecule has 134 valence electrons. The highest BCUT2D eigenvalue weighted by molar-refractivity contribution is 6.40. The molecule has 1 heterocycles. The van der Waals surface area contributed by atoms with Crippen molar-refractivity contribution in [1.29, 1.82) is 5.26 Å². The molecule has 0 aliphatic carbocycles. The average Bonchev–Trinajstić information content (AvgIpc) is 2.64. The highest BCUT2D eigenvalue weighted by Gasteiger charge is 2.15. The van der Waals surface area contributed by atoms with Crippen molar-refractivity contribution in [3.05, 3.63) is 75.5 Å². The normalized spacial score (nSPS) is 10.1. The van der Waals surface area contributed by atoms with E-state index in [-0.39, 0.29) is 11.6 Å². The zero-order valence-corrected chi connectivity index (χ0v) is 15.6. The Bertz CT molecular complexity index is 1040. The van der Waals surface area contributed by atoms with Crippen molar-refractivity contribution < 1.29 is 4.79 Å². The number of rotatable bonds is 4. The van der Waals surface area contributed by atoms with Crippen LogP contribution in [0.5, 0.6) is 0 Å². The van der Waals surface area contributed by atoms with Gasteiger partial charge in [0, 0.05) is 5.69 Å². The third kappa shape index (κ3) is 4.34. The van der Waals surface area contributed by atoms with Crippen LogP contribution in [0.25, 0.3) is 0 Å². The summed E-state index contributed by atoms with van der Waals surface area (Å²) in [6.45, 7) is 1.74. The van der Waals surface area contributed by atoms with Crippen molar-refractivity contribution in [3.8, 4) is 6.07 Å². The molecule has 0 radical (unpaired) electrons. The van der Waals surface area contributed by atoms with Crippen LogP contribution in [-0.4, -0.2) is 15.9 Å². The minimum absolute atomic E-state index is 0.135. The zero-order chi connectivity index (χ0) is 19.4. The molecule has 0 saturated carbocycles. The number of carbonyl (C=O) groups is 1. The van der Waals surface area contributed by atoms with Gasteiger partial charge in [-0.1, -0.05) is 41.4 Å². The van der Waals surface area contributed by atoms with Gasteiger partial charge in [-0.3, -0.25) is 4.79 Å². The van der Waals surface area contributed by atoms with Gasteiger partial charge in [0.1, 0.15) is 11.8 Å². The molecule has 2 aromatic carbocycles. The number of hydrogen-bond donors (Lipinski definition) is 2. The fraction of sp³-hybridized carbons (Fsp3) is 0.0526. The van der Waals surface area contributed by atoms with Crippen LogP contribution in [0, 0.1) is 18.3 Å². The summed E-state index contributed by atoms with van der Waals surface area (Å²) in [4.78, 5) is 21.1. The van der Waals surface area contributed by atoms with Gasteiger partial charge >= 0.3 is 0 Å². The SMILES string of the molecule is Cc1cc(C(=O)Nc2c(Cl)cccc2Cl)nc(Nc2ccccc2C#N)n1. The maximum Gasteiger partial charge on any atom is 0.274 e. The fourth-order valence-electron chi connectivity index (χ4n) is 2.35. The van der Waals surface area contributed by atoms with Gasteiger partial charge in [0.25, 0.3) is 5.91 Å². The molecule has 0 aliphatic rings. The second-order valence-electron chi connectivity index (χ2n) is 5.55. The first-order valence-electron chi connectivity index (χ1n) is 7.85. The third-order valence-corrected chi connectivity index (χ3v) is 4.21. The van der Waals surface area contributed by atoms with Gasteiger partial charge in [0.05, 0.1) is 27.0 Å². The molecule has 0 saturated heterocycles. The minimum Gasteiger partial charge on any atom is -0.323 e. The number of aromatic nitrogens is 2. The molecule has 0 unspecified atom stereocenters. The van der Waals surface area contributed by atoms with Crippen molar-refractivity contribution in [1.82, 2.24) is 9.97 Å². The molecular weight excluding hydrogens is 385 g/mol. The van der Waals surface area contributed by atoms with Crippen LogP contribution < -0.4 is 10.6 Å². The number of nitrogens with one attached hydrogen (secondary N) is 2.